The number of methoxy groups -OCH3 is 1. The highest BCUT2D eigenvalue weighted by atomic mass is 32.2. The first kappa shape index (κ1) is 19.9. The first-order chi connectivity index (χ1) is 12.4. The molecule has 1 heterocycles. The molecule has 7 nitrogen and oxygen atoms in total. The number of benzene rings is 1. The molecule has 0 fully saturated rings. The van der Waals surface area contributed by atoms with Crippen molar-refractivity contribution in [3.63, 3.8) is 0 Å². The van der Waals surface area contributed by atoms with Gasteiger partial charge in [-0.2, -0.15) is 5.10 Å². The van der Waals surface area contributed by atoms with E-state index in [4.69, 9.17) is 4.74 Å². The van der Waals surface area contributed by atoms with Crippen molar-refractivity contribution >= 4 is 22.0 Å². The van der Waals surface area contributed by atoms with Gasteiger partial charge in [0.15, 0.2) is 12.4 Å². The van der Waals surface area contributed by atoms with Crippen LogP contribution in [0.3, 0.4) is 0 Å². The second-order valence-electron chi connectivity index (χ2n) is 5.78. The molecule has 0 aliphatic carbocycles. The minimum atomic E-state index is -4.12. The third kappa shape index (κ3) is 6.45. The van der Waals surface area contributed by atoms with E-state index in [1.54, 1.807) is 18.3 Å². The fourth-order valence-electron chi connectivity index (χ4n) is 2.39. The molecule has 0 bridgehead atoms. The van der Waals surface area contributed by atoms with Gasteiger partial charge in [-0.15, -0.1) is 0 Å². The van der Waals surface area contributed by atoms with E-state index >= 15 is 0 Å². The van der Waals surface area contributed by atoms with Crippen LogP contribution in [0.5, 0.6) is 5.75 Å². The van der Waals surface area contributed by atoms with Gasteiger partial charge in [0, 0.05) is 36.9 Å². The van der Waals surface area contributed by atoms with Gasteiger partial charge in [0.1, 0.15) is 18.0 Å². The lowest BCUT2D eigenvalue weighted by atomic mass is 10.3. The third-order valence-corrected chi connectivity index (χ3v) is 4.58. The van der Waals surface area contributed by atoms with E-state index in [0.29, 0.717) is 19.4 Å². The number of hydrogen-bond donors (Lipinski definition) is 0. The van der Waals surface area contributed by atoms with Gasteiger partial charge in [0.05, 0.1) is 23.4 Å². The second-order valence-corrected chi connectivity index (χ2v) is 7.30. The molecule has 2 rings (SSSR count). The van der Waals surface area contributed by atoms with Crippen molar-refractivity contribution in [1.82, 2.24) is 0 Å². The average molecular weight is 377 g/mol. The number of aromatic nitrogens is 1. The molecule has 0 unspecified atom stereocenters. The van der Waals surface area contributed by atoms with Crippen molar-refractivity contribution < 1.29 is 22.3 Å². The third-order valence-electron chi connectivity index (χ3n) is 3.79. The van der Waals surface area contributed by atoms with Crippen molar-refractivity contribution in [2.45, 2.75) is 19.4 Å². The Kier molecular flexibility index (Phi) is 7.11. The highest BCUT2D eigenvalue weighted by Gasteiger charge is 2.06. The Balaban J connectivity index is 1.91. The van der Waals surface area contributed by atoms with Gasteiger partial charge in [-0.3, -0.25) is 5.01 Å². The van der Waals surface area contributed by atoms with Crippen LogP contribution in [0.2, 0.25) is 0 Å². The second kappa shape index (κ2) is 9.30. The van der Waals surface area contributed by atoms with Crippen LogP contribution in [-0.4, -0.2) is 39.1 Å². The summed E-state index contributed by atoms with van der Waals surface area (Å²) in [7, 11) is -0.646. The van der Waals surface area contributed by atoms with Crippen LogP contribution in [0.4, 0.5) is 5.69 Å². The van der Waals surface area contributed by atoms with Crippen molar-refractivity contribution in [2.75, 3.05) is 24.9 Å². The fourth-order valence-corrected chi connectivity index (χ4v) is 2.95. The number of rotatable bonds is 9. The topological polar surface area (TPSA) is 85.9 Å². The van der Waals surface area contributed by atoms with Crippen molar-refractivity contribution in [2.24, 2.45) is 5.10 Å². The molecular weight excluding hydrogens is 354 g/mol. The monoisotopic (exact) mass is 377 g/mol. The number of para-hydroxylation sites is 2. The normalized spacial score (nSPS) is 11.7. The van der Waals surface area contributed by atoms with Crippen LogP contribution in [0.1, 0.15) is 18.4 Å². The summed E-state index contributed by atoms with van der Waals surface area (Å²) in [6.07, 6.45) is 6.55. The Bertz CT molecular complexity index is 836. The van der Waals surface area contributed by atoms with Gasteiger partial charge >= 0.3 is 0 Å². The fraction of sp³-hybridized carbons (Fsp3) is 0.333. The molecule has 1 aromatic carbocycles. The van der Waals surface area contributed by atoms with E-state index in [2.05, 4.69) is 5.10 Å². The van der Waals surface area contributed by atoms with Gasteiger partial charge in [-0.05, 0) is 18.6 Å². The molecule has 0 atom stereocenters. The average Bonchev–Trinajstić information content (AvgIpc) is 2.63. The van der Waals surface area contributed by atoms with E-state index in [1.807, 2.05) is 60.4 Å². The van der Waals surface area contributed by atoms with Gasteiger partial charge in [0.25, 0.3) is 0 Å². The van der Waals surface area contributed by atoms with E-state index < -0.39 is 10.1 Å². The quantitative estimate of drug-likeness (QED) is 0.219. The molecular formula is C18H23N3O4S. The van der Waals surface area contributed by atoms with Crippen LogP contribution in [0, 0.1) is 0 Å². The maximum absolute atomic E-state index is 10.6. The summed E-state index contributed by atoms with van der Waals surface area (Å²) in [4.78, 5) is 0. The first-order valence-corrected chi connectivity index (χ1v) is 9.80. The lowest BCUT2D eigenvalue weighted by molar-refractivity contribution is -0.697. The lowest BCUT2D eigenvalue weighted by Gasteiger charge is -2.15. The number of hydrazone groups is 1. The van der Waals surface area contributed by atoms with Crippen LogP contribution < -0.4 is 14.3 Å². The molecule has 0 N–H and O–H groups in total. The maximum Gasteiger partial charge on any atom is 0.169 e. The first-order valence-electron chi connectivity index (χ1n) is 8.22. The Hall–Kier alpha value is -2.45. The maximum atomic E-state index is 10.6. The molecule has 26 heavy (non-hydrogen) atoms. The van der Waals surface area contributed by atoms with Crippen molar-refractivity contribution in [1.29, 1.82) is 0 Å². The Morgan fingerprint density at radius 2 is 1.88 bits per heavy atom. The smallest absolute Gasteiger partial charge is 0.169 e. The number of anilines is 1. The van der Waals surface area contributed by atoms with Crippen LogP contribution in [-0.2, 0) is 16.7 Å². The molecule has 0 amide bonds. The largest absolute Gasteiger partial charge is 0.748 e. The lowest BCUT2D eigenvalue weighted by Crippen LogP contribution is -2.32. The van der Waals surface area contributed by atoms with Gasteiger partial charge in [-0.1, -0.05) is 12.1 Å². The van der Waals surface area contributed by atoms with Crippen LogP contribution >= 0.6 is 0 Å². The summed E-state index contributed by atoms with van der Waals surface area (Å²) < 4.78 is 39.0. The van der Waals surface area contributed by atoms with Gasteiger partial charge in [-0.25, -0.2) is 13.0 Å². The van der Waals surface area contributed by atoms with Crippen LogP contribution in [0.25, 0.3) is 0 Å². The Morgan fingerprint density at radius 1 is 1.19 bits per heavy atom. The summed E-state index contributed by atoms with van der Waals surface area (Å²) >= 11 is 0. The zero-order valence-corrected chi connectivity index (χ0v) is 15.7. The summed E-state index contributed by atoms with van der Waals surface area (Å²) in [6, 6.07) is 11.5. The number of nitrogens with zero attached hydrogens (tertiary/aromatic N) is 3. The number of hydrogen-bond acceptors (Lipinski definition) is 6. The van der Waals surface area contributed by atoms with Crippen LogP contribution in [0.15, 0.2) is 53.9 Å². The molecule has 2 aromatic rings. The minimum Gasteiger partial charge on any atom is -0.748 e. The molecule has 8 heteroatoms. The minimum absolute atomic E-state index is 0.312. The number of pyridine rings is 1. The standard InChI is InChI=1S/C18H23N3O4S/c1-20(17-7-3-4-8-18(17)25-2)19-15-16-9-12-21(13-10-16)11-5-6-14-26(22,23)24/h3-4,7-10,12-13,15H,5-6,11,14H2,1-2H3. The highest BCUT2D eigenvalue weighted by Crippen LogP contribution is 2.26. The molecule has 0 aliphatic heterocycles. The van der Waals surface area contributed by atoms with E-state index in [9.17, 15) is 13.0 Å². The van der Waals surface area contributed by atoms with E-state index in [0.717, 1.165) is 17.0 Å². The highest BCUT2D eigenvalue weighted by molar-refractivity contribution is 7.85. The molecule has 0 aliphatic rings. The van der Waals surface area contributed by atoms with Crippen molar-refractivity contribution in [3.05, 3.63) is 54.4 Å². The molecule has 0 saturated carbocycles. The Morgan fingerprint density at radius 3 is 2.54 bits per heavy atom. The molecule has 0 radical (unpaired) electrons. The number of ether oxygens (including phenoxy) is 1. The molecule has 1 aromatic heterocycles. The number of aryl methyl sites for hydroxylation is 1. The number of unbranched alkanes of at least 4 members (excludes halogenated alkanes) is 1. The zero-order valence-electron chi connectivity index (χ0n) is 14.9. The van der Waals surface area contributed by atoms with Gasteiger partial charge < -0.3 is 9.29 Å². The Labute approximate surface area is 154 Å². The summed E-state index contributed by atoms with van der Waals surface area (Å²) in [5.74, 6) is 0.436. The summed E-state index contributed by atoms with van der Waals surface area (Å²) in [5, 5.41) is 6.16. The summed E-state index contributed by atoms with van der Waals surface area (Å²) in [5.41, 5.74) is 1.80. The van der Waals surface area contributed by atoms with E-state index in [1.165, 1.54) is 0 Å². The molecule has 140 valence electrons. The summed E-state index contributed by atoms with van der Waals surface area (Å²) in [6.45, 7) is 0.661. The zero-order chi connectivity index (χ0) is 19.0. The SMILES string of the molecule is COc1ccccc1N(C)N=Cc1cc[n+](CCCCS(=O)(=O)[O-])cc1. The predicted molar refractivity (Wildman–Crippen MR) is 99.4 cm³/mol. The van der Waals surface area contributed by atoms with Crippen molar-refractivity contribution in [3.8, 4) is 5.75 Å². The molecule has 0 saturated heterocycles. The predicted octanol–water partition coefficient (Wildman–Crippen LogP) is 1.78. The van der Waals surface area contributed by atoms with E-state index in [-0.39, 0.29) is 5.75 Å². The van der Waals surface area contributed by atoms with Gasteiger partial charge in [0.2, 0.25) is 0 Å². The molecule has 0 spiro atoms.